The molecule has 2 aliphatic heterocycles. The third-order valence-electron chi connectivity index (χ3n) is 20.2. The lowest BCUT2D eigenvalue weighted by atomic mass is 9.33. The van der Waals surface area contributed by atoms with E-state index in [2.05, 4.69) is 333 Å². The molecule has 4 aliphatic rings. The molecule has 0 saturated carbocycles. The minimum Gasteiger partial charge on any atom is -0.311 e. The summed E-state index contributed by atoms with van der Waals surface area (Å²) < 4.78 is 2.64. The highest BCUT2D eigenvalue weighted by molar-refractivity contribution is 7.00. The number of nitrogens with zero attached hydrogens (tertiary/aromatic N) is 3. The van der Waals surface area contributed by atoms with Crippen LogP contribution >= 0.6 is 0 Å². The summed E-state index contributed by atoms with van der Waals surface area (Å²) in [5.41, 5.74) is 33.4. The lowest BCUT2D eigenvalue weighted by Gasteiger charge is -2.43. The van der Waals surface area contributed by atoms with Gasteiger partial charge < -0.3 is 14.4 Å². The highest BCUT2D eigenvalue weighted by atomic mass is 15.2. The second kappa shape index (κ2) is 18.9. The van der Waals surface area contributed by atoms with Gasteiger partial charge in [0, 0.05) is 44.7 Å². The Morgan fingerprint density at radius 2 is 0.852 bits per heavy atom. The third-order valence-corrected chi connectivity index (χ3v) is 20.2. The van der Waals surface area contributed by atoms with Gasteiger partial charge in [0.15, 0.2) is 0 Å². The average Bonchev–Trinajstić information content (AvgIpc) is 1.39. The Bertz CT molecular complexity index is 5100. The molecule has 0 bridgehead atoms. The summed E-state index contributed by atoms with van der Waals surface area (Å²) in [5.74, 6) is 0. The fourth-order valence-corrected chi connectivity index (χ4v) is 16.8. The molecule has 0 unspecified atom stereocenters. The van der Waals surface area contributed by atoms with E-state index in [1.807, 2.05) is 0 Å². The van der Waals surface area contributed by atoms with Crippen molar-refractivity contribution in [3.05, 3.63) is 358 Å². The van der Waals surface area contributed by atoms with Gasteiger partial charge in [-0.1, -0.05) is 242 Å². The van der Waals surface area contributed by atoms with Crippen molar-refractivity contribution in [2.45, 2.75) is 38.5 Å². The second-order valence-electron chi connectivity index (χ2n) is 24.9. The number of hydrogen-bond donors (Lipinski definition) is 0. The number of hydrogen-bond acceptors (Lipinski definition) is 2. The van der Waals surface area contributed by atoms with Gasteiger partial charge in [-0.3, -0.25) is 0 Å². The molecule has 0 N–H and O–H groups in total. The Morgan fingerprint density at radius 3 is 1.45 bits per heavy atom. The number of aromatic nitrogens is 1. The maximum atomic E-state index is 2.64. The number of rotatable bonds is 8. The zero-order chi connectivity index (χ0) is 58.6. The van der Waals surface area contributed by atoms with E-state index >= 15 is 0 Å². The van der Waals surface area contributed by atoms with Crippen LogP contribution in [-0.4, -0.2) is 11.3 Å². The number of aryl methyl sites for hydroxylation is 4. The molecule has 3 heterocycles. The number of benzene rings is 13. The lowest BCUT2D eigenvalue weighted by molar-refractivity contribution is 0.768. The smallest absolute Gasteiger partial charge is 0.252 e. The zero-order valence-corrected chi connectivity index (χ0v) is 49.6. The molecule has 14 aromatic rings. The average molecular weight is 1120 g/mol. The minimum absolute atomic E-state index is 0.111. The number of para-hydroxylation sites is 2. The summed E-state index contributed by atoms with van der Waals surface area (Å²) in [5, 5.41) is 2.57. The molecule has 0 amide bonds. The topological polar surface area (TPSA) is 11.4 Å². The SMILES string of the molecule is Cc1ccc2c(c1)c1cc(C)cc3c1n2-c1cc(N(c2ccc4c(c2)C(c2ccccc2)(c2ccccc2)c2ccccc2-4)c2c(C)cccc2C)cc2c1B3c1cc3c(cc1N2c1ccccc1)C(c1ccccc1)(c1ccccc1)c1ccccc1-3. The summed E-state index contributed by atoms with van der Waals surface area (Å²) in [6.45, 7) is 8.99. The van der Waals surface area contributed by atoms with Gasteiger partial charge in [0.25, 0.3) is 6.71 Å². The molecule has 88 heavy (non-hydrogen) atoms. The highest BCUT2D eigenvalue weighted by Gasteiger charge is 2.51. The Balaban J connectivity index is 0.982. The summed E-state index contributed by atoms with van der Waals surface area (Å²) in [6, 6.07) is 111. The molecule has 414 valence electrons. The van der Waals surface area contributed by atoms with Crippen molar-refractivity contribution >= 4 is 79.0 Å². The van der Waals surface area contributed by atoms with E-state index in [0.29, 0.717) is 0 Å². The Kier molecular flexibility index (Phi) is 10.9. The standard InChI is InChI=1S/C84H60BN3/c1-53-41-44-76-68(45-53)69-46-54(2)47-75-82(69)88(76)79-50-63(86(81-55(3)25-24-26-56(81)4)62-42-43-66-64-37-20-22-39-70(64)83(72(66)48-62,57-27-10-5-11-28-57)58-29-12-6-13-30-58)49-78-80(79)85(75)74-51-67-65-38-21-23-40-71(65)84(59-31-14-7-15-32-59,60-33-16-8-17-34-60)73(67)52-77(74)87(78)61-35-18-9-19-36-61/h5-52H,1-4H3. The van der Waals surface area contributed by atoms with Gasteiger partial charge in [-0.05, 0) is 183 Å². The van der Waals surface area contributed by atoms with Gasteiger partial charge >= 0.3 is 0 Å². The van der Waals surface area contributed by atoms with Crippen LogP contribution in [-0.2, 0) is 10.8 Å². The first kappa shape index (κ1) is 50.6. The third kappa shape index (κ3) is 6.80. The van der Waals surface area contributed by atoms with Crippen molar-refractivity contribution in [2.24, 2.45) is 0 Å². The fraction of sp³-hybridized carbons (Fsp3) is 0.0714. The van der Waals surface area contributed by atoms with E-state index in [1.54, 1.807) is 0 Å². The van der Waals surface area contributed by atoms with Crippen LogP contribution in [0.5, 0.6) is 0 Å². The predicted octanol–water partition coefficient (Wildman–Crippen LogP) is 18.8. The molecule has 0 fully saturated rings. The molecule has 0 saturated heterocycles. The molecule has 3 nitrogen and oxygen atoms in total. The molecule has 0 radical (unpaired) electrons. The summed E-state index contributed by atoms with van der Waals surface area (Å²) in [6.07, 6.45) is 0. The quantitative estimate of drug-likeness (QED) is 0.141. The highest BCUT2D eigenvalue weighted by Crippen LogP contribution is 2.60. The van der Waals surface area contributed by atoms with Gasteiger partial charge in [-0.15, -0.1) is 0 Å². The predicted molar refractivity (Wildman–Crippen MR) is 368 cm³/mol. The van der Waals surface area contributed by atoms with Gasteiger partial charge in [-0.25, -0.2) is 0 Å². The van der Waals surface area contributed by atoms with Crippen LogP contribution in [0, 0.1) is 27.7 Å². The normalized spacial score (nSPS) is 14.0. The second-order valence-corrected chi connectivity index (χ2v) is 24.9. The van der Waals surface area contributed by atoms with Crippen LogP contribution in [0.2, 0.25) is 0 Å². The van der Waals surface area contributed by atoms with Gasteiger partial charge in [0.05, 0.1) is 27.7 Å². The minimum atomic E-state index is -0.603. The van der Waals surface area contributed by atoms with Crippen LogP contribution < -0.4 is 26.2 Å². The molecule has 0 spiro atoms. The van der Waals surface area contributed by atoms with E-state index in [9.17, 15) is 0 Å². The lowest BCUT2D eigenvalue weighted by Crippen LogP contribution is -2.60. The van der Waals surface area contributed by atoms with E-state index in [4.69, 9.17) is 0 Å². The summed E-state index contributed by atoms with van der Waals surface area (Å²) in [4.78, 5) is 5.23. The molecule has 13 aromatic carbocycles. The van der Waals surface area contributed by atoms with Gasteiger partial charge in [0.2, 0.25) is 0 Å². The Hall–Kier alpha value is -10.7. The van der Waals surface area contributed by atoms with Gasteiger partial charge in [-0.2, -0.15) is 0 Å². The first-order valence-electron chi connectivity index (χ1n) is 31.0. The molecular formula is C84H60BN3. The van der Waals surface area contributed by atoms with Crippen molar-refractivity contribution in [3.63, 3.8) is 0 Å². The Labute approximate surface area is 514 Å². The molecule has 4 heteroatoms. The van der Waals surface area contributed by atoms with Gasteiger partial charge in [0.1, 0.15) is 0 Å². The molecule has 2 aliphatic carbocycles. The molecule has 18 rings (SSSR count). The number of fused-ring (bicyclic) bond motifs is 13. The van der Waals surface area contributed by atoms with Crippen LogP contribution in [0.15, 0.2) is 291 Å². The summed E-state index contributed by atoms with van der Waals surface area (Å²) >= 11 is 0. The van der Waals surface area contributed by atoms with E-state index < -0.39 is 10.8 Å². The van der Waals surface area contributed by atoms with Crippen LogP contribution in [0.25, 0.3) is 49.7 Å². The maximum Gasteiger partial charge on any atom is 0.252 e. The van der Waals surface area contributed by atoms with Crippen molar-refractivity contribution in [2.75, 3.05) is 9.80 Å². The molecular weight excluding hydrogens is 1060 g/mol. The molecule has 0 atom stereocenters. The monoisotopic (exact) mass is 1120 g/mol. The van der Waals surface area contributed by atoms with Crippen LogP contribution in [0.3, 0.4) is 0 Å². The summed E-state index contributed by atoms with van der Waals surface area (Å²) in [7, 11) is 0. The van der Waals surface area contributed by atoms with Crippen molar-refractivity contribution in [1.82, 2.24) is 4.57 Å². The van der Waals surface area contributed by atoms with E-state index in [0.717, 1.165) is 17.1 Å². The number of anilines is 6. The van der Waals surface area contributed by atoms with Crippen molar-refractivity contribution in [1.29, 1.82) is 0 Å². The zero-order valence-electron chi connectivity index (χ0n) is 49.6. The van der Waals surface area contributed by atoms with Crippen LogP contribution in [0.4, 0.5) is 34.1 Å². The van der Waals surface area contributed by atoms with Crippen molar-refractivity contribution < 1.29 is 0 Å². The van der Waals surface area contributed by atoms with E-state index in [-0.39, 0.29) is 6.71 Å². The largest absolute Gasteiger partial charge is 0.311 e. The first-order valence-corrected chi connectivity index (χ1v) is 31.0. The van der Waals surface area contributed by atoms with Crippen molar-refractivity contribution in [3.8, 4) is 27.9 Å². The Morgan fingerprint density at radius 1 is 0.341 bits per heavy atom. The fourth-order valence-electron chi connectivity index (χ4n) is 16.8. The first-order chi connectivity index (χ1) is 43.3. The van der Waals surface area contributed by atoms with Crippen LogP contribution in [0.1, 0.15) is 66.8 Å². The molecule has 1 aromatic heterocycles. The van der Waals surface area contributed by atoms with E-state index in [1.165, 1.54) is 150 Å². The maximum absolute atomic E-state index is 2.64.